The number of aryl methyl sites for hydroxylation is 1. The minimum atomic E-state index is 0.301. The first-order valence-corrected chi connectivity index (χ1v) is 6.86. The highest BCUT2D eigenvalue weighted by Crippen LogP contribution is 2.31. The average molecular weight is 271 g/mol. The van der Waals surface area contributed by atoms with Crippen LogP contribution in [0.15, 0.2) is 24.3 Å². The summed E-state index contributed by atoms with van der Waals surface area (Å²) in [5.41, 5.74) is 9.79. The fraction of sp³-hybridized carbons (Fsp3) is 0.375. The Hall–Kier alpha value is -2.10. The van der Waals surface area contributed by atoms with Crippen LogP contribution in [-0.2, 0) is 6.42 Å². The Bertz CT molecular complexity index is 609. The lowest BCUT2D eigenvalue weighted by atomic mass is 10.0. The Morgan fingerprint density at radius 3 is 2.55 bits per heavy atom. The van der Waals surface area contributed by atoms with E-state index < -0.39 is 0 Å². The van der Waals surface area contributed by atoms with Crippen LogP contribution in [0.5, 0.6) is 5.75 Å². The van der Waals surface area contributed by atoms with Crippen LogP contribution in [0.25, 0.3) is 11.3 Å². The minimum absolute atomic E-state index is 0.301. The first-order valence-electron chi connectivity index (χ1n) is 6.86. The van der Waals surface area contributed by atoms with Gasteiger partial charge >= 0.3 is 0 Å². The number of nitrogens with two attached hydrogens (primary N) is 1. The molecule has 0 aliphatic heterocycles. The van der Waals surface area contributed by atoms with E-state index in [0.29, 0.717) is 11.9 Å². The molecule has 0 aliphatic carbocycles. The molecular formula is C16H21N3O. The van der Waals surface area contributed by atoms with Gasteiger partial charge in [0.25, 0.3) is 0 Å². The lowest BCUT2D eigenvalue weighted by Gasteiger charge is -2.12. The molecule has 20 heavy (non-hydrogen) atoms. The highest BCUT2D eigenvalue weighted by atomic mass is 16.5. The first kappa shape index (κ1) is 14.3. The Morgan fingerprint density at radius 2 is 1.95 bits per heavy atom. The highest BCUT2D eigenvalue weighted by molar-refractivity contribution is 5.69. The predicted octanol–water partition coefficient (Wildman–Crippen LogP) is 3.42. The van der Waals surface area contributed by atoms with E-state index in [1.807, 2.05) is 12.1 Å². The van der Waals surface area contributed by atoms with Crippen LogP contribution in [0.1, 0.15) is 37.9 Å². The van der Waals surface area contributed by atoms with Crippen molar-refractivity contribution in [3.05, 3.63) is 35.5 Å². The molecule has 0 atom stereocenters. The van der Waals surface area contributed by atoms with Crippen molar-refractivity contribution in [3.8, 4) is 17.0 Å². The summed E-state index contributed by atoms with van der Waals surface area (Å²) in [6.45, 7) is 6.30. The maximum absolute atomic E-state index is 5.83. The van der Waals surface area contributed by atoms with Gasteiger partial charge in [-0.3, -0.25) is 0 Å². The maximum Gasteiger partial charge on any atom is 0.220 e. The van der Waals surface area contributed by atoms with Gasteiger partial charge in [0.15, 0.2) is 0 Å². The summed E-state index contributed by atoms with van der Waals surface area (Å²) in [5, 5.41) is 0. The molecule has 0 fully saturated rings. The number of nitrogen functional groups attached to an aromatic ring is 1. The molecule has 0 radical (unpaired) electrons. The number of methoxy groups -OCH3 is 1. The van der Waals surface area contributed by atoms with Gasteiger partial charge in [-0.15, -0.1) is 0 Å². The van der Waals surface area contributed by atoms with E-state index >= 15 is 0 Å². The zero-order valence-corrected chi connectivity index (χ0v) is 12.5. The van der Waals surface area contributed by atoms with E-state index in [1.54, 1.807) is 7.11 Å². The van der Waals surface area contributed by atoms with Crippen LogP contribution in [-0.4, -0.2) is 17.1 Å². The van der Waals surface area contributed by atoms with E-state index in [9.17, 15) is 0 Å². The van der Waals surface area contributed by atoms with Crippen LogP contribution in [0.3, 0.4) is 0 Å². The molecule has 0 saturated carbocycles. The fourth-order valence-electron chi connectivity index (χ4n) is 2.09. The normalized spacial score (nSPS) is 10.8. The summed E-state index contributed by atoms with van der Waals surface area (Å²) in [6.07, 6.45) is 0.967. The number of aromatic nitrogens is 2. The molecule has 0 aliphatic rings. The largest absolute Gasteiger partial charge is 0.496 e. The molecule has 0 unspecified atom stereocenters. The molecule has 0 spiro atoms. The molecule has 1 heterocycles. The third-order valence-corrected chi connectivity index (χ3v) is 3.30. The molecule has 2 N–H and O–H groups in total. The van der Waals surface area contributed by atoms with Gasteiger partial charge in [-0.25, -0.2) is 9.97 Å². The number of benzene rings is 1. The zero-order valence-electron chi connectivity index (χ0n) is 12.5. The summed E-state index contributed by atoms with van der Waals surface area (Å²) in [4.78, 5) is 8.64. The lowest BCUT2D eigenvalue weighted by Crippen LogP contribution is -2.03. The van der Waals surface area contributed by atoms with Crippen LogP contribution in [0.2, 0.25) is 0 Å². The van der Waals surface area contributed by atoms with Crippen LogP contribution < -0.4 is 10.5 Å². The van der Waals surface area contributed by atoms with Gasteiger partial charge in [-0.05, 0) is 36.1 Å². The Balaban J connectivity index is 2.60. The lowest BCUT2D eigenvalue weighted by molar-refractivity contribution is 0.416. The van der Waals surface area contributed by atoms with Crippen LogP contribution in [0.4, 0.5) is 5.95 Å². The topological polar surface area (TPSA) is 61.0 Å². The van der Waals surface area contributed by atoms with Crippen LogP contribution in [0, 0.1) is 0 Å². The van der Waals surface area contributed by atoms with Crippen molar-refractivity contribution < 1.29 is 4.74 Å². The van der Waals surface area contributed by atoms with Crippen LogP contribution >= 0.6 is 0 Å². The molecule has 4 heteroatoms. The van der Waals surface area contributed by atoms with Gasteiger partial charge in [0.05, 0.1) is 12.8 Å². The smallest absolute Gasteiger partial charge is 0.220 e. The standard InChI is InChI=1S/C16H21N3O/c1-5-11-6-7-15(20-4)12(8-11)14-9-13(10(2)3)18-16(17)19-14/h6-10H,5H2,1-4H3,(H2,17,18,19). The molecule has 4 nitrogen and oxygen atoms in total. The van der Waals surface area contributed by atoms with Gasteiger partial charge in [0.2, 0.25) is 5.95 Å². The van der Waals surface area contributed by atoms with Crippen molar-refractivity contribution >= 4 is 5.95 Å². The van der Waals surface area contributed by atoms with Gasteiger partial charge in [0.1, 0.15) is 5.75 Å². The number of hydrogen-bond donors (Lipinski definition) is 1. The summed E-state index contributed by atoms with van der Waals surface area (Å²) in [6, 6.07) is 8.13. The number of rotatable bonds is 4. The van der Waals surface area contributed by atoms with Crippen molar-refractivity contribution in [2.45, 2.75) is 33.1 Å². The van der Waals surface area contributed by atoms with E-state index in [1.165, 1.54) is 5.56 Å². The minimum Gasteiger partial charge on any atom is -0.496 e. The molecule has 106 valence electrons. The third kappa shape index (κ3) is 2.90. The molecule has 2 rings (SSSR count). The summed E-state index contributed by atoms with van der Waals surface area (Å²) >= 11 is 0. The van der Waals surface area contributed by atoms with Crippen molar-refractivity contribution in [2.24, 2.45) is 0 Å². The van der Waals surface area contributed by atoms with Crippen molar-refractivity contribution in [1.29, 1.82) is 0 Å². The molecule has 1 aromatic carbocycles. The zero-order chi connectivity index (χ0) is 14.7. The van der Waals surface area contributed by atoms with Gasteiger partial charge in [-0.1, -0.05) is 26.8 Å². The van der Waals surface area contributed by atoms with Gasteiger partial charge in [-0.2, -0.15) is 0 Å². The second-order valence-electron chi connectivity index (χ2n) is 5.08. The van der Waals surface area contributed by atoms with E-state index in [0.717, 1.165) is 29.1 Å². The summed E-state index contributed by atoms with van der Waals surface area (Å²) in [7, 11) is 1.67. The Kier molecular flexibility index (Phi) is 4.23. The highest BCUT2D eigenvalue weighted by Gasteiger charge is 2.12. The van der Waals surface area contributed by atoms with E-state index in [2.05, 4.69) is 42.9 Å². The molecule has 0 bridgehead atoms. The molecular weight excluding hydrogens is 250 g/mol. The third-order valence-electron chi connectivity index (χ3n) is 3.30. The quantitative estimate of drug-likeness (QED) is 0.925. The molecule has 2 aromatic rings. The van der Waals surface area contributed by atoms with E-state index in [-0.39, 0.29) is 0 Å². The van der Waals surface area contributed by atoms with Crippen molar-refractivity contribution in [2.75, 3.05) is 12.8 Å². The SMILES string of the molecule is CCc1ccc(OC)c(-c2cc(C(C)C)nc(N)n2)c1. The number of hydrogen-bond acceptors (Lipinski definition) is 4. The Morgan fingerprint density at radius 1 is 1.20 bits per heavy atom. The summed E-state index contributed by atoms with van der Waals surface area (Å²) in [5.74, 6) is 1.41. The molecule has 0 saturated heterocycles. The Labute approximate surface area is 120 Å². The molecule has 1 aromatic heterocycles. The molecule has 0 amide bonds. The predicted molar refractivity (Wildman–Crippen MR) is 81.9 cm³/mol. The number of anilines is 1. The van der Waals surface area contributed by atoms with E-state index in [4.69, 9.17) is 10.5 Å². The summed E-state index contributed by atoms with van der Waals surface area (Å²) < 4.78 is 5.44. The van der Waals surface area contributed by atoms with Crippen molar-refractivity contribution in [3.63, 3.8) is 0 Å². The first-order chi connectivity index (χ1) is 9.55. The maximum atomic E-state index is 5.83. The number of nitrogens with zero attached hydrogens (tertiary/aromatic N) is 2. The monoisotopic (exact) mass is 271 g/mol. The average Bonchev–Trinajstić information content (AvgIpc) is 2.45. The second kappa shape index (κ2) is 5.90. The van der Waals surface area contributed by atoms with Gasteiger partial charge in [0, 0.05) is 11.3 Å². The fourth-order valence-corrected chi connectivity index (χ4v) is 2.09. The second-order valence-corrected chi connectivity index (χ2v) is 5.08. The van der Waals surface area contributed by atoms with Crippen molar-refractivity contribution in [1.82, 2.24) is 9.97 Å². The van der Waals surface area contributed by atoms with Gasteiger partial charge < -0.3 is 10.5 Å². The number of ether oxygens (including phenoxy) is 1.